The lowest BCUT2D eigenvalue weighted by Gasteiger charge is -2.43. The van der Waals surface area contributed by atoms with Gasteiger partial charge in [0.05, 0.1) is 0 Å². The smallest absolute Gasteiger partial charge is 0.224 e. The second-order valence-corrected chi connectivity index (χ2v) is 7.43. The van der Waals surface area contributed by atoms with Crippen molar-refractivity contribution < 1.29 is 4.79 Å². The predicted octanol–water partition coefficient (Wildman–Crippen LogP) is 1.32. The Kier molecular flexibility index (Phi) is 6.18. The normalized spacial score (nSPS) is 24.5. The molecule has 1 unspecified atom stereocenters. The molecule has 2 rings (SSSR count). The van der Waals surface area contributed by atoms with E-state index in [0.29, 0.717) is 0 Å². The van der Waals surface area contributed by atoms with Crippen molar-refractivity contribution in [3.8, 4) is 0 Å². The third kappa shape index (κ3) is 3.89. The average Bonchev–Trinajstić information content (AvgIpc) is 2.96. The molecule has 0 radical (unpaired) electrons. The first-order valence-electron chi connectivity index (χ1n) is 7.93. The maximum atomic E-state index is 12.1. The van der Waals surface area contributed by atoms with Gasteiger partial charge in [0.1, 0.15) is 0 Å². The minimum absolute atomic E-state index is 0.0513. The molecule has 2 N–H and O–H groups in total. The van der Waals surface area contributed by atoms with Gasteiger partial charge in [-0.3, -0.25) is 9.69 Å². The molecule has 0 aromatic heterocycles. The third-order valence-corrected chi connectivity index (χ3v) is 5.71. The molecule has 1 atom stereocenters. The summed E-state index contributed by atoms with van der Waals surface area (Å²) in [7, 11) is 1.90. The Hall–Kier alpha value is -0.260. The number of nitrogens with one attached hydrogen (secondary N) is 2. The summed E-state index contributed by atoms with van der Waals surface area (Å²) in [5.41, 5.74) is 0.246. The summed E-state index contributed by atoms with van der Waals surface area (Å²) in [6, 6.07) is 0. The fourth-order valence-corrected chi connectivity index (χ4v) is 4.40. The highest BCUT2D eigenvalue weighted by Gasteiger charge is 2.40. The van der Waals surface area contributed by atoms with E-state index in [2.05, 4.69) is 27.3 Å². The number of carbonyl (C=O) groups excluding carboxylic acids is 1. The van der Waals surface area contributed by atoms with Gasteiger partial charge in [-0.05, 0) is 19.9 Å². The molecule has 0 bridgehead atoms. The quantitative estimate of drug-likeness (QED) is 0.776. The summed E-state index contributed by atoms with van der Waals surface area (Å²) >= 11 is 2.05. The molecule has 1 aliphatic heterocycles. The fraction of sp³-hybridized carbons (Fsp3) is 0.933. The van der Waals surface area contributed by atoms with Gasteiger partial charge in [-0.25, -0.2) is 0 Å². The van der Waals surface area contributed by atoms with Crippen molar-refractivity contribution in [2.75, 3.05) is 44.7 Å². The fourth-order valence-electron chi connectivity index (χ4n) is 3.50. The largest absolute Gasteiger partial charge is 0.354 e. The van der Waals surface area contributed by atoms with E-state index in [1.54, 1.807) is 0 Å². The lowest BCUT2D eigenvalue weighted by Crippen LogP contribution is -2.57. The van der Waals surface area contributed by atoms with Crippen LogP contribution in [0.1, 0.15) is 32.6 Å². The second-order valence-electron chi connectivity index (χ2n) is 6.21. The van der Waals surface area contributed by atoms with E-state index in [1.807, 2.05) is 14.0 Å². The number of hydrogen-bond donors (Lipinski definition) is 2. The van der Waals surface area contributed by atoms with Crippen molar-refractivity contribution in [1.29, 1.82) is 0 Å². The number of rotatable bonds is 6. The maximum Gasteiger partial charge on any atom is 0.224 e. The van der Waals surface area contributed by atoms with E-state index in [-0.39, 0.29) is 17.4 Å². The Morgan fingerprint density at radius 2 is 1.95 bits per heavy atom. The summed E-state index contributed by atoms with van der Waals surface area (Å²) in [6.45, 7) is 5.95. The van der Waals surface area contributed by atoms with Crippen LogP contribution in [0.15, 0.2) is 0 Å². The van der Waals surface area contributed by atoms with Crippen LogP contribution in [-0.4, -0.2) is 61.1 Å². The summed E-state index contributed by atoms with van der Waals surface area (Å²) in [5.74, 6) is 2.73. The highest BCUT2D eigenvalue weighted by atomic mass is 32.2. The van der Waals surface area contributed by atoms with Crippen molar-refractivity contribution >= 4 is 17.7 Å². The topological polar surface area (TPSA) is 44.4 Å². The molecule has 0 aromatic rings. The summed E-state index contributed by atoms with van der Waals surface area (Å²) < 4.78 is 0. The zero-order valence-corrected chi connectivity index (χ0v) is 13.7. The Bertz CT molecular complexity index is 312. The lowest BCUT2D eigenvalue weighted by molar-refractivity contribution is -0.125. The summed E-state index contributed by atoms with van der Waals surface area (Å²) in [4.78, 5) is 14.8. The number of thioether (sulfide) groups is 1. The van der Waals surface area contributed by atoms with E-state index in [1.165, 1.54) is 50.3 Å². The highest BCUT2D eigenvalue weighted by Crippen LogP contribution is 2.36. The molecule has 0 spiro atoms. The van der Waals surface area contributed by atoms with Gasteiger partial charge < -0.3 is 10.6 Å². The standard InChI is InChI=1S/C15H29N3OS/c1-13(11-16-2)14(19)17-12-15(5-3-4-6-15)18-7-9-20-10-8-18/h13,16H,3-12H2,1-2H3,(H,17,19). The van der Waals surface area contributed by atoms with Gasteiger partial charge in [0.25, 0.3) is 0 Å². The van der Waals surface area contributed by atoms with E-state index in [4.69, 9.17) is 0 Å². The molecule has 2 fully saturated rings. The van der Waals surface area contributed by atoms with E-state index >= 15 is 0 Å². The average molecular weight is 299 g/mol. The molecule has 20 heavy (non-hydrogen) atoms. The van der Waals surface area contributed by atoms with E-state index in [0.717, 1.165) is 13.1 Å². The molecule has 1 heterocycles. The molecule has 4 nitrogen and oxygen atoms in total. The van der Waals surface area contributed by atoms with Crippen LogP contribution in [0.3, 0.4) is 0 Å². The molecule has 1 saturated carbocycles. The maximum absolute atomic E-state index is 12.1. The molecule has 1 aliphatic carbocycles. The van der Waals surface area contributed by atoms with Crippen LogP contribution in [0.5, 0.6) is 0 Å². The van der Waals surface area contributed by atoms with E-state index in [9.17, 15) is 4.79 Å². The number of hydrogen-bond acceptors (Lipinski definition) is 4. The molecule has 0 aromatic carbocycles. The molecule has 1 saturated heterocycles. The van der Waals surface area contributed by atoms with Gasteiger partial charge in [-0.1, -0.05) is 19.8 Å². The van der Waals surface area contributed by atoms with Crippen molar-refractivity contribution in [2.45, 2.75) is 38.1 Å². The van der Waals surface area contributed by atoms with Gasteiger partial charge in [0.15, 0.2) is 0 Å². The van der Waals surface area contributed by atoms with Gasteiger partial charge in [0.2, 0.25) is 5.91 Å². The number of nitrogens with zero attached hydrogens (tertiary/aromatic N) is 1. The Labute approximate surface area is 127 Å². The zero-order valence-electron chi connectivity index (χ0n) is 12.9. The van der Waals surface area contributed by atoms with Gasteiger partial charge in [-0.2, -0.15) is 11.8 Å². The first kappa shape index (κ1) is 16.1. The molecule has 1 amide bonds. The van der Waals surface area contributed by atoms with Crippen LogP contribution >= 0.6 is 11.8 Å². The molecule has 5 heteroatoms. The minimum Gasteiger partial charge on any atom is -0.354 e. The molecular formula is C15H29N3OS. The first-order chi connectivity index (χ1) is 9.68. The van der Waals surface area contributed by atoms with Crippen molar-refractivity contribution in [2.24, 2.45) is 5.92 Å². The van der Waals surface area contributed by atoms with Crippen LogP contribution in [0.2, 0.25) is 0 Å². The SMILES string of the molecule is CNCC(C)C(=O)NCC1(N2CCSCC2)CCCC1. The number of amides is 1. The zero-order chi connectivity index (χ0) is 14.4. The van der Waals surface area contributed by atoms with Crippen molar-refractivity contribution in [1.82, 2.24) is 15.5 Å². The van der Waals surface area contributed by atoms with Crippen molar-refractivity contribution in [3.63, 3.8) is 0 Å². The van der Waals surface area contributed by atoms with Crippen LogP contribution in [-0.2, 0) is 4.79 Å². The summed E-state index contributed by atoms with van der Waals surface area (Å²) in [5, 5.41) is 6.30. The van der Waals surface area contributed by atoms with Gasteiger partial charge in [-0.15, -0.1) is 0 Å². The predicted molar refractivity (Wildman–Crippen MR) is 86.2 cm³/mol. The lowest BCUT2D eigenvalue weighted by atomic mass is 9.94. The molecule has 116 valence electrons. The van der Waals surface area contributed by atoms with Gasteiger partial charge >= 0.3 is 0 Å². The minimum atomic E-state index is 0.0513. The monoisotopic (exact) mass is 299 g/mol. The van der Waals surface area contributed by atoms with Gasteiger partial charge in [0, 0.05) is 49.1 Å². The second kappa shape index (κ2) is 7.66. The third-order valence-electron chi connectivity index (χ3n) is 4.77. The number of carbonyl (C=O) groups is 1. The van der Waals surface area contributed by atoms with Crippen LogP contribution in [0.25, 0.3) is 0 Å². The Morgan fingerprint density at radius 1 is 1.30 bits per heavy atom. The Morgan fingerprint density at radius 3 is 2.55 bits per heavy atom. The van der Waals surface area contributed by atoms with E-state index < -0.39 is 0 Å². The van der Waals surface area contributed by atoms with Crippen LogP contribution in [0.4, 0.5) is 0 Å². The first-order valence-corrected chi connectivity index (χ1v) is 9.08. The molecule has 2 aliphatic rings. The van der Waals surface area contributed by atoms with Crippen molar-refractivity contribution in [3.05, 3.63) is 0 Å². The summed E-state index contributed by atoms with van der Waals surface area (Å²) in [6.07, 6.45) is 5.12. The van der Waals surface area contributed by atoms with Crippen LogP contribution < -0.4 is 10.6 Å². The highest BCUT2D eigenvalue weighted by molar-refractivity contribution is 7.99. The van der Waals surface area contributed by atoms with Crippen LogP contribution in [0, 0.1) is 5.92 Å². The molecular weight excluding hydrogens is 270 g/mol. The Balaban J connectivity index is 1.90.